The highest BCUT2D eigenvalue weighted by atomic mass is 32.1. The average Bonchev–Trinajstić information content (AvgIpc) is 3.30. The minimum Gasteiger partial charge on any atom is -0.497 e. The number of hydrogen-bond acceptors (Lipinski definition) is 6. The number of ether oxygens (including phenoxy) is 2. The maximum absolute atomic E-state index is 12.1. The molecule has 3 rings (SSSR count). The molecule has 2 heterocycles. The molecule has 0 atom stereocenters. The first kappa shape index (κ1) is 16.1. The van der Waals surface area contributed by atoms with Crippen LogP contribution in [-0.2, 0) is 6.54 Å². The van der Waals surface area contributed by atoms with Crippen LogP contribution in [0.25, 0.3) is 0 Å². The zero-order valence-electron chi connectivity index (χ0n) is 13.1. The highest BCUT2D eigenvalue weighted by Crippen LogP contribution is 2.17. The lowest BCUT2D eigenvalue weighted by molar-refractivity contribution is 0.0821. The van der Waals surface area contributed by atoms with Crippen LogP contribution in [0.1, 0.15) is 9.67 Å². The molecule has 0 aliphatic carbocycles. The number of thiophene rings is 1. The summed E-state index contributed by atoms with van der Waals surface area (Å²) in [5.41, 5.74) is 0. The van der Waals surface area contributed by atoms with Crippen LogP contribution >= 0.6 is 11.3 Å². The van der Waals surface area contributed by atoms with E-state index in [4.69, 9.17) is 9.47 Å². The van der Waals surface area contributed by atoms with Gasteiger partial charge in [0.1, 0.15) is 17.3 Å². The minimum atomic E-state index is -0.241. The lowest BCUT2D eigenvalue weighted by Crippen LogP contribution is -2.20. The SMILES string of the molecule is COc1ccc(OCC(=O)n2ccc(NCc3cccs3)n2)cc1. The fourth-order valence-electron chi connectivity index (χ4n) is 2.03. The van der Waals surface area contributed by atoms with Crippen molar-refractivity contribution in [2.75, 3.05) is 19.0 Å². The van der Waals surface area contributed by atoms with E-state index < -0.39 is 0 Å². The third kappa shape index (κ3) is 4.14. The molecule has 0 radical (unpaired) electrons. The van der Waals surface area contributed by atoms with Crippen molar-refractivity contribution in [1.82, 2.24) is 9.78 Å². The van der Waals surface area contributed by atoms with Gasteiger partial charge < -0.3 is 14.8 Å². The Balaban J connectivity index is 1.51. The zero-order valence-corrected chi connectivity index (χ0v) is 14.0. The van der Waals surface area contributed by atoms with Crippen LogP contribution in [0.4, 0.5) is 5.82 Å². The highest BCUT2D eigenvalue weighted by molar-refractivity contribution is 7.09. The molecule has 0 spiro atoms. The number of carbonyl (C=O) groups is 1. The van der Waals surface area contributed by atoms with Gasteiger partial charge in [-0.25, -0.2) is 4.68 Å². The summed E-state index contributed by atoms with van der Waals surface area (Å²) in [7, 11) is 1.60. The number of nitrogens with zero attached hydrogens (tertiary/aromatic N) is 2. The van der Waals surface area contributed by atoms with Crippen molar-refractivity contribution >= 4 is 23.1 Å². The Morgan fingerprint density at radius 3 is 2.71 bits per heavy atom. The summed E-state index contributed by atoms with van der Waals surface area (Å²) in [4.78, 5) is 13.3. The van der Waals surface area contributed by atoms with Crippen molar-refractivity contribution < 1.29 is 14.3 Å². The minimum absolute atomic E-state index is 0.0849. The van der Waals surface area contributed by atoms with Crippen LogP contribution in [-0.4, -0.2) is 29.4 Å². The summed E-state index contributed by atoms with van der Waals surface area (Å²) >= 11 is 1.67. The van der Waals surface area contributed by atoms with Crippen LogP contribution in [0, 0.1) is 0 Å². The summed E-state index contributed by atoms with van der Waals surface area (Å²) in [6, 6.07) is 12.9. The number of hydrogen-bond donors (Lipinski definition) is 1. The second-order valence-electron chi connectivity index (χ2n) is 4.94. The van der Waals surface area contributed by atoms with E-state index in [1.807, 2.05) is 17.5 Å². The maximum Gasteiger partial charge on any atom is 0.284 e. The average molecular weight is 343 g/mol. The molecule has 6 nitrogen and oxygen atoms in total. The summed E-state index contributed by atoms with van der Waals surface area (Å²) in [6.07, 6.45) is 1.62. The third-order valence-corrected chi connectivity index (χ3v) is 4.17. The van der Waals surface area contributed by atoms with E-state index in [2.05, 4.69) is 10.4 Å². The molecule has 3 aromatic rings. The van der Waals surface area contributed by atoms with Crippen LogP contribution in [0.2, 0.25) is 0 Å². The molecule has 1 aromatic carbocycles. The first-order chi connectivity index (χ1) is 11.7. The van der Waals surface area contributed by atoms with Crippen molar-refractivity contribution in [1.29, 1.82) is 0 Å². The fraction of sp³-hybridized carbons (Fsp3) is 0.176. The van der Waals surface area contributed by atoms with Gasteiger partial charge in [0.15, 0.2) is 6.61 Å². The maximum atomic E-state index is 12.1. The second kappa shape index (κ2) is 7.65. The Morgan fingerprint density at radius 1 is 1.21 bits per heavy atom. The Hall–Kier alpha value is -2.80. The summed E-state index contributed by atoms with van der Waals surface area (Å²) in [6.45, 7) is 0.601. The monoisotopic (exact) mass is 343 g/mol. The smallest absolute Gasteiger partial charge is 0.284 e. The van der Waals surface area contributed by atoms with Crippen LogP contribution in [0.5, 0.6) is 11.5 Å². The number of aromatic nitrogens is 2. The second-order valence-corrected chi connectivity index (χ2v) is 5.97. The van der Waals surface area contributed by atoms with Gasteiger partial charge in [0.2, 0.25) is 0 Å². The molecule has 0 saturated heterocycles. The Morgan fingerprint density at radius 2 is 2.00 bits per heavy atom. The van der Waals surface area contributed by atoms with E-state index in [0.29, 0.717) is 18.1 Å². The van der Waals surface area contributed by atoms with Crippen LogP contribution in [0.3, 0.4) is 0 Å². The molecular formula is C17H17N3O3S. The molecule has 2 aromatic heterocycles. The quantitative estimate of drug-likeness (QED) is 0.713. The van der Waals surface area contributed by atoms with Gasteiger partial charge in [-0.2, -0.15) is 0 Å². The van der Waals surface area contributed by atoms with Crippen molar-refractivity contribution in [3.05, 3.63) is 58.9 Å². The zero-order chi connectivity index (χ0) is 16.8. The number of carbonyl (C=O) groups excluding carboxylic acids is 1. The predicted molar refractivity (Wildman–Crippen MR) is 93.0 cm³/mol. The van der Waals surface area contributed by atoms with Crippen molar-refractivity contribution in [2.24, 2.45) is 0 Å². The summed E-state index contributed by atoms with van der Waals surface area (Å²) < 4.78 is 11.8. The van der Waals surface area contributed by atoms with Crippen LogP contribution in [0.15, 0.2) is 54.0 Å². The molecule has 7 heteroatoms. The number of anilines is 1. The number of nitrogens with one attached hydrogen (secondary N) is 1. The predicted octanol–water partition coefficient (Wildman–Crippen LogP) is 3.28. The van der Waals surface area contributed by atoms with E-state index in [0.717, 1.165) is 5.75 Å². The molecule has 0 amide bonds. The van der Waals surface area contributed by atoms with Crippen molar-refractivity contribution in [3.8, 4) is 11.5 Å². The number of rotatable bonds is 7. The number of methoxy groups -OCH3 is 1. The van der Waals surface area contributed by atoms with E-state index in [1.54, 1.807) is 55.0 Å². The van der Waals surface area contributed by atoms with E-state index >= 15 is 0 Å². The van der Waals surface area contributed by atoms with Gasteiger partial charge in [-0.1, -0.05) is 6.07 Å². The Bertz CT molecular complexity index is 782. The molecule has 1 N–H and O–H groups in total. The summed E-state index contributed by atoms with van der Waals surface area (Å²) in [5.74, 6) is 1.76. The first-order valence-corrected chi connectivity index (χ1v) is 8.24. The first-order valence-electron chi connectivity index (χ1n) is 7.36. The molecule has 124 valence electrons. The molecular weight excluding hydrogens is 326 g/mol. The molecule has 0 saturated carbocycles. The largest absolute Gasteiger partial charge is 0.497 e. The van der Waals surface area contributed by atoms with Gasteiger partial charge >= 0.3 is 0 Å². The van der Waals surface area contributed by atoms with E-state index in [-0.39, 0.29) is 12.5 Å². The van der Waals surface area contributed by atoms with Gasteiger partial charge in [0, 0.05) is 17.1 Å². The topological polar surface area (TPSA) is 65.4 Å². The van der Waals surface area contributed by atoms with Crippen molar-refractivity contribution in [2.45, 2.75) is 6.54 Å². The molecule has 0 aliphatic heterocycles. The summed E-state index contributed by atoms with van der Waals surface area (Å²) in [5, 5.41) is 9.41. The Kier molecular flexibility index (Phi) is 5.12. The van der Waals surface area contributed by atoms with Gasteiger partial charge in [-0.3, -0.25) is 4.79 Å². The van der Waals surface area contributed by atoms with Gasteiger partial charge in [-0.15, -0.1) is 16.4 Å². The van der Waals surface area contributed by atoms with Gasteiger partial charge in [0.05, 0.1) is 13.7 Å². The lowest BCUT2D eigenvalue weighted by Gasteiger charge is -2.06. The molecule has 0 fully saturated rings. The van der Waals surface area contributed by atoms with Crippen molar-refractivity contribution in [3.63, 3.8) is 0 Å². The molecule has 0 bridgehead atoms. The highest BCUT2D eigenvalue weighted by Gasteiger charge is 2.08. The van der Waals surface area contributed by atoms with Crippen LogP contribution < -0.4 is 14.8 Å². The van der Waals surface area contributed by atoms with E-state index in [1.165, 1.54) is 9.56 Å². The lowest BCUT2D eigenvalue weighted by atomic mass is 10.3. The standard InChI is InChI=1S/C17H17N3O3S/c1-22-13-4-6-14(7-5-13)23-12-17(21)20-9-8-16(19-20)18-11-15-3-2-10-24-15/h2-10H,11-12H2,1H3,(H,18,19). The number of benzene rings is 1. The molecule has 0 aliphatic rings. The third-order valence-electron chi connectivity index (χ3n) is 3.29. The fourth-order valence-corrected chi connectivity index (χ4v) is 2.68. The molecule has 0 unspecified atom stereocenters. The molecule has 24 heavy (non-hydrogen) atoms. The Labute approximate surface area is 143 Å². The normalized spacial score (nSPS) is 10.4. The van der Waals surface area contributed by atoms with Gasteiger partial charge in [-0.05, 0) is 35.7 Å². The van der Waals surface area contributed by atoms with Gasteiger partial charge in [0.25, 0.3) is 5.91 Å². The van der Waals surface area contributed by atoms with E-state index in [9.17, 15) is 4.79 Å².